The van der Waals surface area contributed by atoms with E-state index < -0.39 is 0 Å². The van der Waals surface area contributed by atoms with Crippen molar-refractivity contribution in [3.8, 4) is 0 Å². The molecule has 0 bridgehead atoms. The highest BCUT2D eigenvalue weighted by Crippen LogP contribution is 2.29. The lowest BCUT2D eigenvalue weighted by atomic mass is 9.99. The van der Waals surface area contributed by atoms with Gasteiger partial charge in [0.1, 0.15) is 0 Å². The number of hydrogen-bond donors (Lipinski definition) is 2. The van der Waals surface area contributed by atoms with Gasteiger partial charge in [-0.1, -0.05) is 42.1 Å². The van der Waals surface area contributed by atoms with E-state index in [0.29, 0.717) is 0 Å². The van der Waals surface area contributed by atoms with Crippen LogP contribution in [0.5, 0.6) is 0 Å². The van der Waals surface area contributed by atoms with Crippen LogP contribution in [0, 0.1) is 13.8 Å². The number of benzene rings is 2. The molecule has 0 unspecified atom stereocenters. The van der Waals surface area contributed by atoms with Gasteiger partial charge in [-0.25, -0.2) is 0 Å². The molecule has 0 saturated heterocycles. The lowest BCUT2D eigenvalue weighted by Crippen LogP contribution is -1.96. The minimum atomic E-state index is 0.771. The van der Waals surface area contributed by atoms with Crippen LogP contribution >= 0.6 is 11.8 Å². The maximum Gasteiger partial charge on any atom is 0.0346 e. The molecule has 0 aliphatic rings. The van der Waals surface area contributed by atoms with Crippen LogP contribution in [0.2, 0.25) is 0 Å². The second-order valence-electron chi connectivity index (χ2n) is 5.94. The fourth-order valence-electron chi connectivity index (χ4n) is 2.34. The van der Waals surface area contributed by atoms with E-state index in [1.165, 1.54) is 16.7 Å². The third-order valence-corrected chi connectivity index (χ3v) is 4.87. The molecule has 0 heterocycles. The summed E-state index contributed by atoms with van der Waals surface area (Å²) in [5.74, 6) is 0. The zero-order valence-electron chi connectivity index (χ0n) is 14.0. The van der Waals surface area contributed by atoms with Gasteiger partial charge in [0.25, 0.3) is 0 Å². The largest absolute Gasteiger partial charge is 0.399 e. The summed E-state index contributed by atoms with van der Waals surface area (Å²) in [6.45, 7) is 10.4. The van der Waals surface area contributed by atoms with Crippen LogP contribution in [0.4, 0.5) is 11.4 Å². The standard InChI is InChI=1S/C20H24N2S/c1-13(9-18-10-15(3)20(22)11-14(18)2)12-23-16(4)17-5-7-19(21)8-6-17/h5-8,10-12H,4,9,21-22H2,1-3H3/b13-12+. The van der Waals surface area contributed by atoms with Gasteiger partial charge in [-0.3, -0.25) is 0 Å². The topological polar surface area (TPSA) is 52.0 Å². The van der Waals surface area contributed by atoms with E-state index in [2.05, 4.69) is 44.9 Å². The van der Waals surface area contributed by atoms with Crippen molar-refractivity contribution >= 4 is 28.0 Å². The molecule has 2 aromatic carbocycles. The second kappa shape index (κ2) is 7.42. The van der Waals surface area contributed by atoms with E-state index in [4.69, 9.17) is 11.5 Å². The molecule has 0 aromatic heterocycles. The Kier molecular flexibility index (Phi) is 5.56. The molecular formula is C20H24N2S. The Morgan fingerprint density at radius 3 is 2.39 bits per heavy atom. The Balaban J connectivity index is 2.04. The molecule has 0 amide bonds. The van der Waals surface area contributed by atoms with Crippen LogP contribution in [0.25, 0.3) is 4.91 Å². The van der Waals surface area contributed by atoms with E-state index in [-0.39, 0.29) is 0 Å². The molecule has 23 heavy (non-hydrogen) atoms. The molecule has 4 N–H and O–H groups in total. The van der Waals surface area contributed by atoms with E-state index in [0.717, 1.165) is 33.8 Å². The number of rotatable bonds is 5. The number of anilines is 2. The van der Waals surface area contributed by atoms with Crippen molar-refractivity contribution < 1.29 is 0 Å². The first kappa shape index (κ1) is 17.2. The van der Waals surface area contributed by atoms with Crippen molar-refractivity contribution in [2.75, 3.05) is 11.5 Å². The molecule has 0 aliphatic carbocycles. The second-order valence-corrected chi connectivity index (χ2v) is 6.90. The Morgan fingerprint density at radius 1 is 1.09 bits per heavy atom. The molecule has 2 nitrogen and oxygen atoms in total. The Bertz CT molecular complexity index is 743. The number of thioether (sulfide) groups is 1. The molecule has 3 heteroatoms. The number of aryl methyl sites for hydroxylation is 2. The van der Waals surface area contributed by atoms with Crippen LogP contribution in [0.15, 0.2) is 54.0 Å². The third-order valence-electron chi connectivity index (χ3n) is 3.83. The zero-order valence-corrected chi connectivity index (χ0v) is 14.8. The highest BCUT2D eigenvalue weighted by molar-refractivity contribution is 8.10. The number of nitrogens with two attached hydrogens (primary N) is 2. The predicted octanol–water partition coefficient (Wildman–Crippen LogP) is 5.32. The van der Waals surface area contributed by atoms with Gasteiger partial charge < -0.3 is 11.5 Å². The van der Waals surface area contributed by atoms with Gasteiger partial charge in [-0.15, -0.1) is 0 Å². The van der Waals surface area contributed by atoms with Crippen molar-refractivity contribution in [2.45, 2.75) is 27.2 Å². The summed E-state index contributed by atoms with van der Waals surface area (Å²) in [5.41, 5.74) is 19.4. The molecule has 0 aliphatic heterocycles. The average Bonchev–Trinajstić information content (AvgIpc) is 2.51. The summed E-state index contributed by atoms with van der Waals surface area (Å²) in [5, 5.41) is 2.17. The van der Waals surface area contributed by atoms with E-state index >= 15 is 0 Å². The summed E-state index contributed by atoms with van der Waals surface area (Å²) in [7, 11) is 0. The van der Waals surface area contributed by atoms with Crippen LogP contribution < -0.4 is 11.5 Å². The third kappa shape index (κ3) is 4.67. The van der Waals surface area contributed by atoms with Crippen molar-refractivity contribution in [1.82, 2.24) is 0 Å². The summed E-state index contributed by atoms with van der Waals surface area (Å²) in [6, 6.07) is 12.0. The van der Waals surface area contributed by atoms with Gasteiger partial charge in [0.2, 0.25) is 0 Å². The Morgan fingerprint density at radius 2 is 1.74 bits per heavy atom. The van der Waals surface area contributed by atoms with Gasteiger partial charge in [0, 0.05) is 16.3 Å². The molecule has 0 atom stereocenters. The number of hydrogen-bond acceptors (Lipinski definition) is 3. The van der Waals surface area contributed by atoms with E-state index in [1.54, 1.807) is 11.8 Å². The van der Waals surface area contributed by atoms with Crippen LogP contribution in [-0.4, -0.2) is 0 Å². The lowest BCUT2D eigenvalue weighted by molar-refractivity contribution is 1.11. The molecule has 0 radical (unpaired) electrons. The highest BCUT2D eigenvalue weighted by Gasteiger charge is 2.04. The molecule has 0 fully saturated rings. The Labute approximate surface area is 143 Å². The molecule has 120 valence electrons. The maximum absolute atomic E-state index is 5.95. The summed E-state index contributed by atoms with van der Waals surface area (Å²) in [4.78, 5) is 1.02. The summed E-state index contributed by atoms with van der Waals surface area (Å²) in [6.07, 6.45) is 0.926. The predicted molar refractivity (Wildman–Crippen MR) is 105 cm³/mol. The maximum atomic E-state index is 5.95. The quantitative estimate of drug-likeness (QED) is 0.732. The van der Waals surface area contributed by atoms with Gasteiger partial charge in [-0.05, 0) is 73.1 Å². The van der Waals surface area contributed by atoms with Crippen molar-refractivity contribution in [3.05, 3.63) is 76.2 Å². The monoisotopic (exact) mass is 324 g/mol. The first-order chi connectivity index (χ1) is 10.9. The molecule has 0 spiro atoms. The highest BCUT2D eigenvalue weighted by atomic mass is 32.2. The fourth-order valence-corrected chi connectivity index (χ4v) is 3.04. The smallest absolute Gasteiger partial charge is 0.0346 e. The van der Waals surface area contributed by atoms with Crippen molar-refractivity contribution in [3.63, 3.8) is 0 Å². The molecule has 0 saturated carbocycles. The van der Waals surface area contributed by atoms with Gasteiger partial charge >= 0.3 is 0 Å². The minimum Gasteiger partial charge on any atom is -0.399 e. The lowest BCUT2D eigenvalue weighted by Gasteiger charge is -2.10. The summed E-state index contributed by atoms with van der Waals surface area (Å²) >= 11 is 1.65. The summed E-state index contributed by atoms with van der Waals surface area (Å²) < 4.78 is 0. The minimum absolute atomic E-state index is 0.771. The number of nitrogen functional groups attached to an aromatic ring is 2. The Hall–Kier alpha value is -2.13. The normalized spacial score (nSPS) is 11.5. The SMILES string of the molecule is C=C(S/C=C(\C)Cc1cc(C)c(N)cc1C)c1ccc(N)cc1. The van der Waals surface area contributed by atoms with Crippen molar-refractivity contribution in [1.29, 1.82) is 0 Å². The molecule has 2 rings (SSSR count). The average molecular weight is 324 g/mol. The van der Waals surface area contributed by atoms with Crippen molar-refractivity contribution in [2.24, 2.45) is 0 Å². The molecule has 2 aromatic rings. The van der Waals surface area contributed by atoms with Gasteiger partial charge in [-0.2, -0.15) is 0 Å². The van der Waals surface area contributed by atoms with Gasteiger partial charge in [0.15, 0.2) is 0 Å². The van der Waals surface area contributed by atoms with Gasteiger partial charge in [0.05, 0.1) is 0 Å². The molecular weight excluding hydrogens is 300 g/mol. The van der Waals surface area contributed by atoms with E-state index in [1.807, 2.05) is 24.3 Å². The van der Waals surface area contributed by atoms with Crippen LogP contribution in [-0.2, 0) is 6.42 Å². The van der Waals surface area contributed by atoms with E-state index in [9.17, 15) is 0 Å². The number of allylic oxidation sites excluding steroid dienone is 1. The first-order valence-electron chi connectivity index (χ1n) is 7.59. The van der Waals surface area contributed by atoms with Crippen LogP contribution in [0.1, 0.15) is 29.2 Å². The fraction of sp³-hybridized carbons (Fsp3) is 0.200. The van der Waals surface area contributed by atoms with Crippen LogP contribution in [0.3, 0.4) is 0 Å². The first-order valence-corrected chi connectivity index (χ1v) is 8.47. The zero-order chi connectivity index (χ0) is 17.0.